The molecule has 0 atom stereocenters. The van der Waals surface area contributed by atoms with E-state index in [-0.39, 0.29) is 11.2 Å². The SMILES string of the molecule is Cc1cc2ccc(N3CCC4(C=C(c5c(-c6c(C)cccc6F)noc5C5CC5)C4)CC3)cc2cn1. The summed E-state index contributed by atoms with van der Waals surface area (Å²) in [6.45, 7) is 6.05. The van der Waals surface area contributed by atoms with Crippen LogP contribution in [0.4, 0.5) is 10.1 Å². The van der Waals surface area contributed by atoms with Gasteiger partial charge in [-0.05, 0) is 92.2 Å². The molecule has 2 fully saturated rings. The molecule has 7 rings (SSSR count). The van der Waals surface area contributed by atoms with Crippen molar-refractivity contribution in [1.82, 2.24) is 10.1 Å². The standard InChI is InChI=1S/C31H30FN3O/c1-19-4-3-5-26(32)27(19)29-28(30(36-34-29)21-6-7-21)24-16-31(17-24)10-12-35(13-11-31)25-9-8-22-14-20(2)33-18-23(22)15-25/h3-5,8-9,14-16,18,21H,6-7,10-13,17H2,1-2H3. The molecule has 3 aliphatic rings. The van der Waals surface area contributed by atoms with Crippen molar-refractivity contribution in [1.29, 1.82) is 0 Å². The normalized spacial score (nSPS) is 19.0. The Balaban J connectivity index is 1.15. The number of nitrogens with zero attached hydrogens (tertiary/aromatic N) is 3. The Morgan fingerprint density at radius 2 is 1.81 bits per heavy atom. The summed E-state index contributed by atoms with van der Waals surface area (Å²) >= 11 is 0. The van der Waals surface area contributed by atoms with Gasteiger partial charge >= 0.3 is 0 Å². The van der Waals surface area contributed by atoms with Gasteiger partial charge in [-0.2, -0.15) is 0 Å². The van der Waals surface area contributed by atoms with Crippen LogP contribution in [0.2, 0.25) is 0 Å². The Kier molecular flexibility index (Phi) is 4.85. The highest BCUT2D eigenvalue weighted by Gasteiger charge is 2.44. The van der Waals surface area contributed by atoms with Gasteiger partial charge in [0.15, 0.2) is 0 Å². The largest absolute Gasteiger partial charge is 0.371 e. The van der Waals surface area contributed by atoms with Crippen LogP contribution in [-0.2, 0) is 0 Å². The fourth-order valence-corrected chi connectivity index (χ4v) is 6.19. The maximum Gasteiger partial charge on any atom is 0.147 e. The molecule has 2 aromatic carbocycles. The lowest BCUT2D eigenvalue weighted by Crippen LogP contribution is -2.42. The summed E-state index contributed by atoms with van der Waals surface area (Å²) in [6.07, 6.45) is 9.96. The van der Waals surface area contributed by atoms with E-state index in [0.717, 1.165) is 67.8 Å². The van der Waals surface area contributed by atoms with Crippen molar-refractivity contribution in [3.05, 3.63) is 83.1 Å². The van der Waals surface area contributed by atoms with E-state index in [0.29, 0.717) is 17.2 Å². The van der Waals surface area contributed by atoms with Crippen molar-refractivity contribution in [3.63, 3.8) is 0 Å². The Hall–Kier alpha value is -3.47. The Morgan fingerprint density at radius 3 is 2.56 bits per heavy atom. The Bertz CT molecular complexity index is 1500. The van der Waals surface area contributed by atoms with Gasteiger partial charge in [-0.15, -0.1) is 0 Å². The topological polar surface area (TPSA) is 42.2 Å². The number of allylic oxidation sites excluding steroid dienone is 2. The summed E-state index contributed by atoms with van der Waals surface area (Å²) in [7, 11) is 0. The average molecular weight is 480 g/mol. The molecule has 0 radical (unpaired) electrons. The fraction of sp³-hybridized carbons (Fsp3) is 0.355. The molecule has 1 spiro atoms. The van der Waals surface area contributed by atoms with E-state index in [1.807, 2.05) is 26.1 Å². The predicted molar refractivity (Wildman–Crippen MR) is 142 cm³/mol. The van der Waals surface area contributed by atoms with E-state index in [1.165, 1.54) is 28.1 Å². The number of hydrogen-bond donors (Lipinski definition) is 0. The molecule has 5 heteroatoms. The molecule has 4 aromatic rings. The molecule has 182 valence electrons. The number of benzene rings is 2. The lowest BCUT2D eigenvalue weighted by Gasteiger charge is -2.47. The fourth-order valence-electron chi connectivity index (χ4n) is 6.19. The lowest BCUT2D eigenvalue weighted by molar-refractivity contribution is 0.277. The van der Waals surface area contributed by atoms with E-state index < -0.39 is 0 Å². The van der Waals surface area contributed by atoms with Crippen molar-refractivity contribution < 1.29 is 8.91 Å². The highest BCUT2D eigenvalue weighted by molar-refractivity contribution is 5.86. The Morgan fingerprint density at radius 1 is 1.00 bits per heavy atom. The van der Waals surface area contributed by atoms with Gasteiger partial charge in [0.1, 0.15) is 17.3 Å². The van der Waals surface area contributed by atoms with Gasteiger partial charge < -0.3 is 9.42 Å². The van der Waals surface area contributed by atoms with Crippen LogP contribution >= 0.6 is 0 Å². The van der Waals surface area contributed by atoms with Gasteiger partial charge in [0, 0.05) is 53.1 Å². The highest BCUT2D eigenvalue weighted by Crippen LogP contribution is 2.56. The van der Waals surface area contributed by atoms with Crippen LogP contribution in [0.1, 0.15) is 60.6 Å². The van der Waals surface area contributed by atoms with E-state index in [4.69, 9.17) is 4.52 Å². The minimum absolute atomic E-state index is 0.223. The second-order valence-corrected chi connectivity index (χ2v) is 11.0. The van der Waals surface area contributed by atoms with Gasteiger partial charge in [0.2, 0.25) is 0 Å². The summed E-state index contributed by atoms with van der Waals surface area (Å²) in [5, 5.41) is 6.86. The van der Waals surface area contributed by atoms with E-state index in [1.54, 1.807) is 6.07 Å². The number of aromatic nitrogens is 2. The van der Waals surface area contributed by atoms with Crippen LogP contribution in [0.5, 0.6) is 0 Å². The predicted octanol–water partition coefficient (Wildman–Crippen LogP) is 7.60. The molecular formula is C31H30FN3O. The summed E-state index contributed by atoms with van der Waals surface area (Å²) in [4.78, 5) is 6.97. The molecule has 1 saturated heterocycles. The van der Waals surface area contributed by atoms with Crippen LogP contribution in [-0.4, -0.2) is 23.2 Å². The van der Waals surface area contributed by atoms with Crippen LogP contribution in [0.25, 0.3) is 27.6 Å². The van der Waals surface area contributed by atoms with Crippen LogP contribution < -0.4 is 4.90 Å². The lowest BCUT2D eigenvalue weighted by atomic mass is 9.63. The van der Waals surface area contributed by atoms with Crippen molar-refractivity contribution >= 4 is 22.0 Å². The summed E-state index contributed by atoms with van der Waals surface area (Å²) in [6, 6.07) is 14.1. The first kappa shape index (κ1) is 21.8. The number of piperidine rings is 1. The van der Waals surface area contributed by atoms with Gasteiger partial charge in [-0.25, -0.2) is 4.39 Å². The van der Waals surface area contributed by atoms with E-state index >= 15 is 0 Å². The number of aryl methyl sites for hydroxylation is 2. The molecule has 3 heterocycles. The van der Waals surface area contributed by atoms with Crippen molar-refractivity contribution in [3.8, 4) is 11.3 Å². The van der Waals surface area contributed by atoms with Crippen LogP contribution in [0.3, 0.4) is 0 Å². The summed E-state index contributed by atoms with van der Waals surface area (Å²) in [5.41, 5.74) is 7.07. The first-order valence-corrected chi connectivity index (χ1v) is 13.1. The zero-order chi connectivity index (χ0) is 24.4. The molecule has 2 aliphatic carbocycles. The molecular weight excluding hydrogens is 449 g/mol. The van der Waals surface area contributed by atoms with Gasteiger partial charge in [0.25, 0.3) is 0 Å². The molecule has 0 bridgehead atoms. The quantitative estimate of drug-likeness (QED) is 0.302. The molecule has 2 aromatic heterocycles. The number of pyridine rings is 1. The molecule has 1 saturated carbocycles. The first-order chi connectivity index (χ1) is 17.5. The van der Waals surface area contributed by atoms with Gasteiger partial charge in [-0.3, -0.25) is 4.98 Å². The van der Waals surface area contributed by atoms with Crippen LogP contribution in [0.15, 0.2) is 59.3 Å². The molecule has 0 amide bonds. The number of halogens is 1. The second-order valence-electron chi connectivity index (χ2n) is 11.0. The molecule has 4 nitrogen and oxygen atoms in total. The zero-order valence-electron chi connectivity index (χ0n) is 20.9. The molecule has 0 N–H and O–H groups in total. The molecule has 0 unspecified atom stereocenters. The third-order valence-corrected chi connectivity index (χ3v) is 8.44. The van der Waals surface area contributed by atoms with Gasteiger partial charge in [0.05, 0.1) is 0 Å². The van der Waals surface area contributed by atoms with Crippen molar-refractivity contribution in [2.24, 2.45) is 5.41 Å². The van der Waals surface area contributed by atoms with Crippen molar-refractivity contribution in [2.75, 3.05) is 18.0 Å². The maximum absolute atomic E-state index is 14.9. The minimum atomic E-state index is -0.226. The highest BCUT2D eigenvalue weighted by atomic mass is 19.1. The Labute approximate surface area is 210 Å². The van der Waals surface area contributed by atoms with E-state index in [2.05, 4.69) is 45.4 Å². The number of hydrogen-bond acceptors (Lipinski definition) is 4. The van der Waals surface area contributed by atoms with Crippen molar-refractivity contribution in [2.45, 2.75) is 51.9 Å². The summed E-state index contributed by atoms with van der Waals surface area (Å²) in [5.74, 6) is 1.17. The van der Waals surface area contributed by atoms with Gasteiger partial charge in [-0.1, -0.05) is 29.4 Å². The zero-order valence-corrected chi connectivity index (χ0v) is 20.9. The third kappa shape index (κ3) is 3.56. The van der Waals surface area contributed by atoms with E-state index in [9.17, 15) is 4.39 Å². The number of rotatable bonds is 4. The average Bonchev–Trinajstić information content (AvgIpc) is 3.62. The van der Waals surface area contributed by atoms with Crippen LogP contribution in [0, 0.1) is 25.1 Å². The third-order valence-electron chi connectivity index (χ3n) is 8.44. The monoisotopic (exact) mass is 479 g/mol. The summed E-state index contributed by atoms with van der Waals surface area (Å²) < 4.78 is 20.7. The molecule has 1 aliphatic heterocycles. The first-order valence-electron chi connectivity index (χ1n) is 13.1. The smallest absolute Gasteiger partial charge is 0.147 e. The molecule has 36 heavy (non-hydrogen) atoms. The number of anilines is 1. The minimum Gasteiger partial charge on any atom is -0.371 e. The number of fused-ring (bicyclic) bond motifs is 1. The second kappa shape index (κ2) is 8.02. The maximum atomic E-state index is 14.9.